The molecule has 0 amide bonds. The number of nitrogens with one attached hydrogen (secondary N) is 1. The summed E-state index contributed by atoms with van der Waals surface area (Å²) in [7, 11) is 0. The van der Waals surface area contributed by atoms with Gasteiger partial charge in [-0.05, 0) is 19.0 Å². The fourth-order valence-electron chi connectivity index (χ4n) is 1.85. The van der Waals surface area contributed by atoms with Gasteiger partial charge in [-0.3, -0.25) is 0 Å². The van der Waals surface area contributed by atoms with Crippen LogP contribution in [0.2, 0.25) is 0 Å². The van der Waals surface area contributed by atoms with Crippen molar-refractivity contribution >= 4 is 0 Å². The fourth-order valence-corrected chi connectivity index (χ4v) is 1.85. The highest BCUT2D eigenvalue weighted by Crippen LogP contribution is 2.37. The van der Waals surface area contributed by atoms with E-state index in [-0.39, 0.29) is 11.5 Å². The van der Waals surface area contributed by atoms with Crippen LogP contribution in [0.15, 0.2) is 6.07 Å². The minimum absolute atomic E-state index is 0.102. The average Bonchev–Trinajstić information content (AvgIpc) is 2.73. The summed E-state index contributed by atoms with van der Waals surface area (Å²) in [5.74, 6) is -4.19. The highest BCUT2D eigenvalue weighted by Gasteiger charge is 2.25. The molecule has 1 aromatic rings. The number of halogens is 2. The standard InChI is InChI=1S/C10H11F2NO2/c11-7-3-6(5-1-2-13-4-5)9(14)8(12)10(7)15/h3,5,13-15H,1-2,4H2. The molecular formula is C10H11F2NO2. The predicted molar refractivity (Wildman–Crippen MR) is 49.9 cm³/mol. The van der Waals surface area contributed by atoms with Gasteiger partial charge in [0.05, 0.1) is 0 Å². The van der Waals surface area contributed by atoms with Crippen LogP contribution < -0.4 is 5.32 Å². The van der Waals surface area contributed by atoms with Crippen LogP contribution in [0.3, 0.4) is 0 Å². The van der Waals surface area contributed by atoms with Crippen molar-refractivity contribution in [2.45, 2.75) is 12.3 Å². The SMILES string of the molecule is Oc1c(F)cc(C2CCNC2)c(O)c1F. The van der Waals surface area contributed by atoms with Crippen molar-refractivity contribution in [1.82, 2.24) is 5.32 Å². The molecule has 0 saturated carbocycles. The van der Waals surface area contributed by atoms with Crippen LogP contribution in [-0.2, 0) is 0 Å². The van der Waals surface area contributed by atoms with Crippen LogP contribution in [0.5, 0.6) is 11.5 Å². The normalized spacial score (nSPS) is 20.8. The molecular weight excluding hydrogens is 204 g/mol. The molecule has 15 heavy (non-hydrogen) atoms. The Morgan fingerprint density at radius 2 is 2.00 bits per heavy atom. The summed E-state index contributed by atoms with van der Waals surface area (Å²) in [6.45, 7) is 1.34. The van der Waals surface area contributed by atoms with Crippen molar-refractivity contribution in [3.63, 3.8) is 0 Å². The number of benzene rings is 1. The minimum atomic E-state index is -1.28. The van der Waals surface area contributed by atoms with Crippen LogP contribution in [0.1, 0.15) is 17.9 Å². The Morgan fingerprint density at radius 1 is 1.27 bits per heavy atom. The van der Waals surface area contributed by atoms with Gasteiger partial charge >= 0.3 is 0 Å². The number of phenols is 2. The van der Waals surface area contributed by atoms with E-state index in [1.807, 2.05) is 0 Å². The Kier molecular flexibility index (Phi) is 2.48. The summed E-state index contributed by atoms with van der Waals surface area (Å²) >= 11 is 0. The molecule has 1 aromatic carbocycles. The van der Waals surface area contributed by atoms with Gasteiger partial charge in [0.15, 0.2) is 17.3 Å². The summed E-state index contributed by atoms with van der Waals surface area (Å²) in [5, 5.41) is 21.4. The van der Waals surface area contributed by atoms with Gasteiger partial charge in [-0.1, -0.05) is 0 Å². The second-order valence-electron chi connectivity index (χ2n) is 3.65. The number of hydrogen-bond donors (Lipinski definition) is 3. The summed E-state index contributed by atoms with van der Waals surface area (Å²) in [5.41, 5.74) is 0.216. The average molecular weight is 215 g/mol. The maximum Gasteiger partial charge on any atom is 0.209 e. The Morgan fingerprint density at radius 3 is 2.60 bits per heavy atom. The van der Waals surface area contributed by atoms with E-state index in [4.69, 9.17) is 5.11 Å². The van der Waals surface area contributed by atoms with E-state index in [1.54, 1.807) is 0 Å². The van der Waals surface area contributed by atoms with Gasteiger partial charge in [-0.25, -0.2) is 4.39 Å². The van der Waals surface area contributed by atoms with E-state index in [9.17, 15) is 13.9 Å². The van der Waals surface area contributed by atoms with Gasteiger partial charge in [0.1, 0.15) is 0 Å². The molecule has 0 aromatic heterocycles. The third kappa shape index (κ3) is 1.63. The van der Waals surface area contributed by atoms with E-state index in [2.05, 4.69) is 5.32 Å². The molecule has 5 heteroatoms. The first-order valence-corrected chi connectivity index (χ1v) is 4.71. The quantitative estimate of drug-likeness (QED) is 0.664. The van der Waals surface area contributed by atoms with Crippen LogP contribution in [0, 0.1) is 11.6 Å². The molecule has 2 rings (SSSR count). The Balaban J connectivity index is 2.47. The maximum absolute atomic E-state index is 13.1. The number of hydrogen-bond acceptors (Lipinski definition) is 3. The molecule has 0 bridgehead atoms. The lowest BCUT2D eigenvalue weighted by atomic mass is 9.97. The molecule has 3 nitrogen and oxygen atoms in total. The lowest BCUT2D eigenvalue weighted by molar-refractivity contribution is 0.361. The van der Waals surface area contributed by atoms with Gasteiger partial charge in [0.2, 0.25) is 5.82 Å². The Hall–Kier alpha value is -1.36. The third-order valence-corrected chi connectivity index (χ3v) is 2.70. The molecule has 0 radical (unpaired) electrons. The second kappa shape index (κ2) is 3.66. The lowest BCUT2D eigenvalue weighted by Crippen LogP contribution is -2.08. The molecule has 0 spiro atoms. The first kappa shape index (κ1) is 10.2. The van der Waals surface area contributed by atoms with Crippen molar-refractivity contribution in [1.29, 1.82) is 0 Å². The second-order valence-corrected chi connectivity index (χ2v) is 3.65. The van der Waals surface area contributed by atoms with Crippen LogP contribution in [0.4, 0.5) is 8.78 Å². The number of phenolic OH excluding ortho intramolecular Hbond substituents is 2. The summed E-state index contributed by atoms with van der Waals surface area (Å²) in [6.07, 6.45) is 0.719. The van der Waals surface area contributed by atoms with Crippen molar-refractivity contribution in [3.8, 4) is 11.5 Å². The molecule has 82 valence electrons. The molecule has 1 heterocycles. The molecule has 1 aliphatic heterocycles. The minimum Gasteiger partial charge on any atom is -0.505 e. The molecule has 1 atom stereocenters. The number of aromatic hydroxyl groups is 2. The zero-order valence-electron chi connectivity index (χ0n) is 7.93. The van der Waals surface area contributed by atoms with E-state index >= 15 is 0 Å². The topological polar surface area (TPSA) is 52.5 Å². The van der Waals surface area contributed by atoms with Crippen molar-refractivity contribution in [3.05, 3.63) is 23.3 Å². The highest BCUT2D eigenvalue weighted by molar-refractivity contribution is 5.44. The van der Waals surface area contributed by atoms with E-state index in [0.717, 1.165) is 19.0 Å². The van der Waals surface area contributed by atoms with Gasteiger partial charge in [-0.2, -0.15) is 4.39 Å². The molecule has 3 N–H and O–H groups in total. The van der Waals surface area contributed by atoms with Crippen molar-refractivity contribution < 1.29 is 19.0 Å². The van der Waals surface area contributed by atoms with Gasteiger partial charge in [0, 0.05) is 18.0 Å². The van der Waals surface area contributed by atoms with Crippen LogP contribution in [0.25, 0.3) is 0 Å². The Bertz CT molecular complexity index is 389. The fraction of sp³-hybridized carbons (Fsp3) is 0.400. The first-order chi connectivity index (χ1) is 7.11. The largest absolute Gasteiger partial charge is 0.505 e. The van der Waals surface area contributed by atoms with E-state index < -0.39 is 23.1 Å². The lowest BCUT2D eigenvalue weighted by Gasteiger charge is -2.12. The van der Waals surface area contributed by atoms with Gasteiger partial charge in [-0.15, -0.1) is 0 Å². The molecule has 1 unspecified atom stereocenters. The monoisotopic (exact) mass is 215 g/mol. The summed E-state index contributed by atoms with van der Waals surface area (Å²) in [4.78, 5) is 0. The van der Waals surface area contributed by atoms with E-state index in [0.29, 0.717) is 6.54 Å². The summed E-state index contributed by atoms with van der Waals surface area (Å²) in [6, 6.07) is 0.991. The number of rotatable bonds is 1. The van der Waals surface area contributed by atoms with Crippen molar-refractivity contribution in [2.75, 3.05) is 13.1 Å². The smallest absolute Gasteiger partial charge is 0.209 e. The Labute approximate surface area is 85.4 Å². The van der Waals surface area contributed by atoms with Crippen LogP contribution in [-0.4, -0.2) is 23.3 Å². The maximum atomic E-state index is 13.1. The zero-order chi connectivity index (χ0) is 11.0. The molecule has 1 aliphatic rings. The van der Waals surface area contributed by atoms with Gasteiger partial charge < -0.3 is 15.5 Å². The first-order valence-electron chi connectivity index (χ1n) is 4.71. The van der Waals surface area contributed by atoms with Gasteiger partial charge in [0.25, 0.3) is 0 Å². The van der Waals surface area contributed by atoms with Crippen LogP contribution >= 0.6 is 0 Å². The predicted octanol–water partition coefficient (Wildman–Crippen LogP) is 1.45. The molecule has 0 aliphatic carbocycles. The van der Waals surface area contributed by atoms with Crippen molar-refractivity contribution in [2.24, 2.45) is 0 Å². The molecule has 1 saturated heterocycles. The zero-order valence-corrected chi connectivity index (χ0v) is 7.93. The van der Waals surface area contributed by atoms with E-state index in [1.165, 1.54) is 0 Å². The molecule has 1 fully saturated rings. The third-order valence-electron chi connectivity index (χ3n) is 2.70. The summed E-state index contributed by atoms with van der Waals surface area (Å²) < 4.78 is 26.2. The highest BCUT2D eigenvalue weighted by atomic mass is 19.1.